The number of nitrogens with zero attached hydrogens (tertiary/aromatic N) is 2. The summed E-state index contributed by atoms with van der Waals surface area (Å²) in [6.45, 7) is 3.93. The van der Waals surface area contributed by atoms with Gasteiger partial charge in [0.1, 0.15) is 11.4 Å². The number of anilines is 1. The van der Waals surface area contributed by atoms with Crippen molar-refractivity contribution in [1.82, 2.24) is 10.2 Å². The maximum absolute atomic E-state index is 14.4. The minimum atomic E-state index is -0.224. The molecule has 0 spiro atoms. The van der Waals surface area contributed by atoms with Gasteiger partial charge in [0.15, 0.2) is 5.76 Å². The maximum atomic E-state index is 14.4. The summed E-state index contributed by atoms with van der Waals surface area (Å²) in [5.41, 5.74) is 3.23. The molecule has 1 aliphatic rings. The molecular weight excluding hydrogens is 381 g/mol. The van der Waals surface area contributed by atoms with Crippen LogP contribution in [0.1, 0.15) is 34.5 Å². The topological polar surface area (TPSA) is 48.7 Å². The number of hydrogen-bond donors (Lipinski definition) is 1. The molecule has 0 radical (unpaired) electrons. The van der Waals surface area contributed by atoms with Crippen LogP contribution >= 0.6 is 0 Å². The van der Waals surface area contributed by atoms with Gasteiger partial charge >= 0.3 is 0 Å². The van der Waals surface area contributed by atoms with E-state index >= 15 is 0 Å². The average molecular weight is 410 g/mol. The van der Waals surface area contributed by atoms with Crippen LogP contribution in [0.25, 0.3) is 11.0 Å². The van der Waals surface area contributed by atoms with Crippen LogP contribution in [0.3, 0.4) is 0 Å². The Balaban J connectivity index is 1.54. The molecule has 1 atom stereocenters. The first-order valence-corrected chi connectivity index (χ1v) is 10.4. The number of nitrogens with one attached hydrogen (secondary N) is 1. The zero-order valence-corrected chi connectivity index (χ0v) is 17.7. The Labute approximate surface area is 176 Å². The van der Waals surface area contributed by atoms with E-state index < -0.39 is 0 Å². The molecule has 3 aromatic rings. The fourth-order valence-electron chi connectivity index (χ4n) is 4.19. The van der Waals surface area contributed by atoms with E-state index in [4.69, 9.17) is 4.42 Å². The van der Waals surface area contributed by atoms with Gasteiger partial charge in [0.2, 0.25) is 0 Å². The van der Waals surface area contributed by atoms with E-state index in [1.54, 1.807) is 6.07 Å². The van der Waals surface area contributed by atoms with Crippen LogP contribution < -0.4 is 10.2 Å². The molecule has 0 saturated carbocycles. The van der Waals surface area contributed by atoms with Crippen molar-refractivity contribution in [3.05, 3.63) is 65.2 Å². The van der Waals surface area contributed by atoms with Crippen LogP contribution in [0.5, 0.6) is 0 Å². The van der Waals surface area contributed by atoms with Crippen molar-refractivity contribution in [1.29, 1.82) is 0 Å². The lowest BCUT2D eigenvalue weighted by molar-refractivity contribution is 0.0905. The summed E-state index contributed by atoms with van der Waals surface area (Å²) in [4.78, 5) is 17.2. The Bertz CT molecular complexity index is 1060. The first-order chi connectivity index (χ1) is 14.4. The maximum Gasteiger partial charge on any atom is 0.287 e. The van der Waals surface area contributed by atoms with Crippen LogP contribution in [-0.4, -0.2) is 44.0 Å². The van der Waals surface area contributed by atoms with Crippen LogP contribution in [0, 0.1) is 12.7 Å². The number of hydrogen-bond acceptors (Lipinski definition) is 4. The predicted octanol–water partition coefficient (Wildman–Crippen LogP) is 4.34. The molecule has 0 aliphatic carbocycles. The molecule has 1 fully saturated rings. The van der Waals surface area contributed by atoms with Gasteiger partial charge in [-0.3, -0.25) is 4.79 Å². The standard InChI is InChI=1S/C24H28FN3O2/c1-16-10-11-20(25)21(13-16)28-12-6-7-17(14-28)26-24(29)23-19(15-27(2)3)18-8-4-5-9-22(18)30-23/h4-5,8-11,13,17H,6-7,12,14-15H2,1-3H3,(H,26,29). The highest BCUT2D eigenvalue weighted by Gasteiger charge is 2.27. The number of benzene rings is 2. The molecule has 1 saturated heterocycles. The van der Waals surface area contributed by atoms with Crippen LogP contribution in [0.15, 0.2) is 46.9 Å². The summed E-state index contributed by atoms with van der Waals surface area (Å²) in [7, 11) is 3.94. The Kier molecular flexibility index (Phi) is 5.77. The second kappa shape index (κ2) is 8.48. The van der Waals surface area contributed by atoms with E-state index in [1.807, 2.05) is 61.2 Å². The zero-order valence-electron chi connectivity index (χ0n) is 17.7. The third-order valence-corrected chi connectivity index (χ3v) is 5.58. The Morgan fingerprint density at radius 1 is 1.27 bits per heavy atom. The second-order valence-corrected chi connectivity index (χ2v) is 8.36. The third-order valence-electron chi connectivity index (χ3n) is 5.58. The average Bonchev–Trinajstić information content (AvgIpc) is 3.08. The van der Waals surface area contributed by atoms with Crippen molar-refractivity contribution in [2.45, 2.75) is 32.4 Å². The summed E-state index contributed by atoms with van der Waals surface area (Å²) in [6, 6.07) is 12.8. The van der Waals surface area contributed by atoms with Gasteiger partial charge in [0.05, 0.1) is 5.69 Å². The summed E-state index contributed by atoms with van der Waals surface area (Å²) in [5, 5.41) is 4.09. The van der Waals surface area contributed by atoms with Crippen LogP contribution in [-0.2, 0) is 6.54 Å². The summed E-state index contributed by atoms with van der Waals surface area (Å²) in [6.07, 6.45) is 1.75. The largest absolute Gasteiger partial charge is 0.451 e. The minimum Gasteiger partial charge on any atom is -0.451 e. The van der Waals surface area contributed by atoms with Gasteiger partial charge in [0, 0.05) is 36.6 Å². The lowest BCUT2D eigenvalue weighted by atomic mass is 10.0. The third kappa shape index (κ3) is 4.19. The highest BCUT2D eigenvalue weighted by Crippen LogP contribution is 2.28. The van der Waals surface area contributed by atoms with Crippen molar-refractivity contribution >= 4 is 22.6 Å². The summed E-state index contributed by atoms with van der Waals surface area (Å²) in [5.74, 6) is -0.0681. The van der Waals surface area contributed by atoms with Crippen molar-refractivity contribution in [3.8, 4) is 0 Å². The number of piperidine rings is 1. The van der Waals surface area contributed by atoms with Gasteiger partial charge < -0.3 is 19.5 Å². The summed E-state index contributed by atoms with van der Waals surface area (Å²) >= 11 is 0. The van der Waals surface area contributed by atoms with Gasteiger partial charge in [-0.1, -0.05) is 24.3 Å². The number of rotatable bonds is 5. The number of fused-ring (bicyclic) bond motifs is 1. The van der Waals surface area contributed by atoms with Crippen LogP contribution in [0.4, 0.5) is 10.1 Å². The Hall–Kier alpha value is -2.86. The minimum absolute atomic E-state index is 0.0634. The lowest BCUT2D eigenvalue weighted by Crippen LogP contribution is -2.48. The summed E-state index contributed by atoms with van der Waals surface area (Å²) < 4.78 is 20.3. The first kappa shape index (κ1) is 20.4. The predicted molar refractivity (Wildman–Crippen MR) is 117 cm³/mol. The number of carbonyl (C=O) groups excluding carboxylic acids is 1. The number of para-hydroxylation sites is 1. The molecule has 1 N–H and O–H groups in total. The van der Waals surface area contributed by atoms with Crippen molar-refractivity contribution < 1.29 is 13.6 Å². The molecule has 4 rings (SSSR count). The SMILES string of the molecule is Cc1ccc(F)c(N2CCCC(NC(=O)c3oc4ccccc4c3CN(C)C)C2)c1. The molecule has 158 valence electrons. The molecule has 0 bridgehead atoms. The second-order valence-electron chi connectivity index (χ2n) is 8.36. The molecule has 2 aromatic carbocycles. The number of aryl methyl sites for hydroxylation is 1. The molecule has 2 heterocycles. The van der Waals surface area contributed by atoms with Gasteiger partial charge in [-0.15, -0.1) is 0 Å². The van der Waals surface area contributed by atoms with Gasteiger partial charge in [0.25, 0.3) is 5.91 Å². The van der Waals surface area contributed by atoms with Gasteiger partial charge in [-0.2, -0.15) is 0 Å². The van der Waals surface area contributed by atoms with Gasteiger partial charge in [-0.25, -0.2) is 4.39 Å². The smallest absolute Gasteiger partial charge is 0.287 e. The molecule has 5 nitrogen and oxygen atoms in total. The normalized spacial score (nSPS) is 17.0. The highest BCUT2D eigenvalue weighted by atomic mass is 19.1. The Morgan fingerprint density at radius 3 is 2.87 bits per heavy atom. The monoisotopic (exact) mass is 409 g/mol. The quantitative estimate of drug-likeness (QED) is 0.681. The molecule has 1 aliphatic heterocycles. The number of amides is 1. The van der Waals surface area contributed by atoms with E-state index in [2.05, 4.69) is 5.32 Å². The zero-order chi connectivity index (χ0) is 21.3. The van der Waals surface area contributed by atoms with Crippen LogP contribution in [0.2, 0.25) is 0 Å². The molecule has 6 heteroatoms. The number of furan rings is 1. The number of halogens is 1. The fourth-order valence-corrected chi connectivity index (χ4v) is 4.19. The van der Waals surface area contributed by atoms with Crippen molar-refractivity contribution in [2.75, 3.05) is 32.1 Å². The van der Waals surface area contributed by atoms with Crippen molar-refractivity contribution in [3.63, 3.8) is 0 Å². The van der Waals surface area contributed by atoms with E-state index in [0.717, 1.165) is 35.9 Å². The van der Waals surface area contributed by atoms with E-state index in [-0.39, 0.29) is 17.8 Å². The van der Waals surface area contributed by atoms with Crippen molar-refractivity contribution in [2.24, 2.45) is 0 Å². The number of carbonyl (C=O) groups is 1. The molecular formula is C24H28FN3O2. The highest BCUT2D eigenvalue weighted by molar-refractivity contribution is 5.99. The Morgan fingerprint density at radius 2 is 2.07 bits per heavy atom. The van der Waals surface area contributed by atoms with E-state index in [1.165, 1.54) is 6.07 Å². The molecule has 1 amide bonds. The molecule has 1 unspecified atom stereocenters. The molecule has 1 aromatic heterocycles. The van der Waals surface area contributed by atoms with E-state index in [0.29, 0.717) is 30.1 Å². The van der Waals surface area contributed by atoms with E-state index in [9.17, 15) is 9.18 Å². The fraction of sp³-hybridized carbons (Fsp3) is 0.375. The lowest BCUT2D eigenvalue weighted by Gasteiger charge is -2.35. The van der Waals surface area contributed by atoms with Gasteiger partial charge in [-0.05, 0) is 57.6 Å². The first-order valence-electron chi connectivity index (χ1n) is 10.4. The molecule has 30 heavy (non-hydrogen) atoms.